The lowest BCUT2D eigenvalue weighted by atomic mass is 9.87. The van der Waals surface area contributed by atoms with Crippen molar-refractivity contribution in [3.8, 4) is 0 Å². The highest BCUT2D eigenvalue weighted by Crippen LogP contribution is 2.42. The van der Waals surface area contributed by atoms with Gasteiger partial charge < -0.3 is 0 Å². The minimum atomic E-state index is 0.981. The van der Waals surface area contributed by atoms with Gasteiger partial charge in [-0.05, 0) is 36.5 Å². The van der Waals surface area contributed by atoms with E-state index in [1.807, 2.05) is 0 Å². The van der Waals surface area contributed by atoms with E-state index in [-0.39, 0.29) is 0 Å². The predicted octanol–water partition coefficient (Wildman–Crippen LogP) is 4.89. The lowest BCUT2D eigenvalue weighted by molar-refractivity contribution is 0.324. The van der Waals surface area contributed by atoms with E-state index in [2.05, 4.69) is 27.7 Å². The van der Waals surface area contributed by atoms with Gasteiger partial charge in [0, 0.05) is 0 Å². The van der Waals surface area contributed by atoms with E-state index in [4.69, 9.17) is 0 Å². The molecule has 0 aliphatic heterocycles. The molecule has 0 aromatic carbocycles. The molecule has 0 heterocycles. The highest BCUT2D eigenvalue weighted by Gasteiger charge is 2.32. The van der Waals surface area contributed by atoms with Crippen molar-refractivity contribution >= 4 is 0 Å². The molecule has 14 heavy (non-hydrogen) atoms. The van der Waals surface area contributed by atoms with Crippen LogP contribution in [0.15, 0.2) is 0 Å². The SMILES string of the molecule is CCCCC(C)C1CC(C)C(CC)C1. The summed E-state index contributed by atoms with van der Waals surface area (Å²) in [5, 5.41) is 0. The van der Waals surface area contributed by atoms with E-state index in [0.717, 1.165) is 23.7 Å². The summed E-state index contributed by atoms with van der Waals surface area (Å²) in [5.74, 6) is 4.05. The largest absolute Gasteiger partial charge is 0.0654 e. The van der Waals surface area contributed by atoms with E-state index in [9.17, 15) is 0 Å². The zero-order chi connectivity index (χ0) is 10.6. The molecule has 1 saturated carbocycles. The van der Waals surface area contributed by atoms with Gasteiger partial charge in [0.25, 0.3) is 0 Å². The monoisotopic (exact) mass is 196 g/mol. The minimum absolute atomic E-state index is 0.981. The van der Waals surface area contributed by atoms with Gasteiger partial charge in [0.15, 0.2) is 0 Å². The average molecular weight is 196 g/mol. The van der Waals surface area contributed by atoms with Crippen LogP contribution in [0.2, 0.25) is 0 Å². The summed E-state index contributed by atoms with van der Waals surface area (Å²) in [6.07, 6.45) is 8.68. The predicted molar refractivity (Wildman–Crippen MR) is 64.4 cm³/mol. The summed E-state index contributed by atoms with van der Waals surface area (Å²) in [6, 6.07) is 0. The summed E-state index contributed by atoms with van der Waals surface area (Å²) in [4.78, 5) is 0. The second kappa shape index (κ2) is 5.78. The maximum atomic E-state index is 2.48. The van der Waals surface area contributed by atoms with Crippen molar-refractivity contribution in [1.82, 2.24) is 0 Å². The fraction of sp³-hybridized carbons (Fsp3) is 1.00. The minimum Gasteiger partial charge on any atom is -0.0654 e. The average Bonchev–Trinajstić information content (AvgIpc) is 2.56. The Morgan fingerprint density at radius 2 is 1.93 bits per heavy atom. The summed E-state index contributed by atoms with van der Waals surface area (Å²) in [6.45, 7) is 9.60. The fourth-order valence-corrected chi connectivity index (χ4v) is 3.18. The van der Waals surface area contributed by atoms with E-state index in [1.54, 1.807) is 0 Å². The molecule has 4 atom stereocenters. The van der Waals surface area contributed by atoms with Gasteiger partial charge in [-0.2, -0.15) is 0 Å². The summed E-state index contributed by atoms with van der Waals surface area (Å²) < 4.78 is 0. The molecule has 1 aliphatic carbocycles. The van der Waals surface area contributed by atoms with Gasteiger partial charge in [-0.1, -0.05) is 53.4 Å². The Bertz CT molecular complexity index is 150. The smallest absolute Gasteiger partial charge is 0.0383 e. The van der Waals surface area contributed by atoms with Crippen LogP contribution in [-0.4, -0.2) is 0 Å². The Labute approximate surface area is 90.5 Å². The van der Waals surface area contributed by atoms with Gasteiger partial charge in [-0.3, -0.25) is 0 Å². The molecule has 1 rings (SSSR count). The second-order valence-corrected chi connectivity index (χ2v) is 5.50. The molecule has 0 heteroatoms. The first-order valence-electron chi connectivity index (χ1n) is 6.69. The van der Waals surface area contributed by atoms with Crippen molar-refractivity contribution in [2.24, 2.45) is 23.7 Å². The molecular formula is C14H28. The molecule has 0 amide bonds. The van der Waals surface area contributed by atoms with Crippen LogP contribution in [0.25, 0.3) is 0 Å². The molecular weight excluding hydrogens is 168 g/mol. The van der Waals surface area contributed by atoms with Gasteiger partial charge in [-0.15, -0.1) is 0 Å². The first-order valence-corrected chi connectivity index (χ1v) is 6.69. The van der Waals surface area contributed by atoms with Crippen LogP contribution in [0.4, 0.5) is 0 Å². The van der Waals surface area contributed by atoms with Gasteiger partial charge in [0.1, 0.15) is 0 Å². The third kappa shape index (κ3) is 3.00. The molecule has 0 N–H and O–H groups in total. The molecule has 84 valence electrons. The van der Waals surface area contributed by atoms with Gasteiger partial charge in [-0.25, -0.2) is 0 Å². The normalized spacial score (nSPS) is 34.7. The van der Waals surface area contributed by atoms with Crippen LogP contribution in [-0.2, 0) is 0 Å². The van der Waals surface area contributed by atoms with E-state index in [0.29, 0.717) is 0 Å². The first-order chi connectivity index (χ1) is 6.69. The Morgan fingerprint density at radius 3 is 2.43 bits per heavy atom. The van der Waals surface area contributed by atoms with Crippen LogP contribution in [0, 0.1) is 23.7 Å². The van der Waals surface area contributed by atoms with E-state index < -0.39 is 0 Å². The number of hydrogen-bond donors (Lipinski definition) is 0. The highest BCUT2D eigenvalue weighted by molar-refractivity contribution is 4.82. The van der Waals surface area contributed by atoms with Gasteiger partial charge in [0.2, 0.25) is 0 Å². The van der Waals surface area contributed by atoms with Crippen LogP contribution < -0.4 is 0 Å². The van der Waals surface area contributed by atoms with E-state index >= 15 is 0 Å². The zero-order valence-corrected chi connectivity index (χ0v) is 10.6. The van der Waals surface area contributed by atoms with Crippen LogP contribution in [0.5, 0.6) is 0 Å². The molecule has 0 radical (unpaired) electrons. The van der Waals surface area contributed by atoms with Crippen molar-refractivity contribution in [3.05, 3.63) is 0 Å². The Morgan fingerprint density at radius 1 is 1.21 bits per heavy atom. The molecule has 0 bridgehead atoms. The molecule has 0 aromatic rings. The standard InChI is InChI=1S/C14H28/c1-5-7-8-11(3)14-9-12(4)13(6-2)10-14/h11-14H,5-10H2,1-4H3. The fourth-order valence-electron chi connectivity index (χ4n) is 3.18. The van der Waals surface area contributed by atoms with Crippen molar-refractivity contribution < 1.29 is 0 Å². The number of unbranched alkanes of at least 4 members (excludes halogenated alkanes) is 1. The topological polar surface area (TPSA) is 0 Å². The number of hydrogen-bond acceptors (Lipinski definition) is 0. The maximum absolute atomic E-state index is 2.48. The zero-order valence-electron chi connectivity index (χ0n) is 10.6. The van der Waals surface area contributed by atoms with Gasteiger partial charge >= 0.3 is 0 Å². The molecule has 0 saturated heterocycles. The second-order valence-electron chi connectivity index (χ2n) is 5.50. The van der Waals surface area contributed by atoms with Gasteiger partial charge in [0.05, 0.1) is 0 Å². The maximum Gasteiger partial charge on any atom is -0.0383 e. The highest BCUT2D eigenvalue weighted by atomic mass is 14.4. The van der Waals surface area contributed by atoms with Crippen molar-refractivity contribution in [2.75, 3.05) is 0 Å². The number of rotatable bonds is 5. The van der Waals surface area contributed by atoms with Crippen LogP contribution >= 0.6 is 0 Å². The molecule has 1 fully saturated rings. The van der Waals surface area contributed by atoms with Crippen molar-refractivity contribution in [1.29, 1.82) is 0 Å². The summed E-state index contributed by atoms with van der Waals surface area (Å²) in [5.41, 5.74) is 0. The quantitative estimate of drug-likeness (QED) is 0.587. The lowest BCUT2D eigenvalue weighted by Gasteiger charge is -2.18. The summed E-state index contributed by atoms with van der Waals surface area (Å²) >= 11 is 0. The Kier molecular flexibility index (Phi) is 4.98. The Balaban J connectivity index is 2.32. The molecule has 1 aliphatic rings. The molecule has 0 aromatic heterocycles. The van der Waals surface area contributed by atoms with Crippen LogP contribution in [0.1, 0.15) is 66.2 Å². The third-order valence-electron chi connectivity index (χ3n) is 4.43. The molecule has 0 spiro atoms. The van der Waals surface area contributed by atoms with Crippen molar-refractivity contribution in [2.45, 2.75) is 66.2 Å². The van der Waals surface area contributed by atoms with E-state index in [1.165, 1.54) is 38.5 Å². The third-order valence-corrected chi connectivity index (χ3v) is 4.43. The van der Waals surface area contributed by atoms with Crippen LogP contribution in [0.3, 0.4) is 0 Å². The summed E-state index contributed by atoms with van der Waals surface area (Å²) in [7, 11) is 0. The van der Waals surface area contributed by atoms with Crippen molar-refractivity contribution in [3.63, 3.8) is 0 Å². The molecule has 4 unspecified atom stereocenters. The first kappa shape index (κ1) is 12.1. The lowest BCUT2D eigenvalue weighted by Crippen LogP contribution is -2.08. The Hall–Kier alpha value is 0. The molecule has 0 nitrogen and oxygen atoms in total.